The summed E-state index contributed by atoms with van der Waals surface area (Å²) in [5.74, 6) is -0.191. The number of hydrogen-bond donors (Lipinski definition) is 1. The molecule has 0 spiro atoms. The molecule has 102 valence electrons. The van der Waals surface area contributed by atoms with Crippen molar-refractivity contribution in [2.75, 3.05) is 4.90 Å². The van der Waals surface area contributed by atoms with Crippen LogP contribution in [0.15, 0.2) is 30.6 Å². The van der Waals surface area contributed by atoms with Gasteiger partial charge in [-0.25, -0.2) is 14.8 Å². The normalized spacial score (nSPS) is 17.1. The highest BCUT2D eigenvalue weighted by molar-refractivity contribution is 6.29. The lowest BCUT2D eigenvalue weighted by atomic mass is 10.1. The monoisotopic (exact) mass is 289 g/mol. The van der Waals surface area contributed by atoms with Gasteiger partial charge in [-0.2, -0.15) is 0 Å². The van der Waals surface area contributed by atoms with Gasteiger partial charge in [0.15, 0.2) is 0 Å². The van der Waals surface area contributed by atoms with Crippen LogP contribution in [0.5, 0.6) is 0 Å². The van der Waals surface area contributed by atoms with Gasteiger partial charge in [-0.15, -0.1) is 0 Å². The Morgan fingerprint density at radius 1 is 1.40 bits per heavy atom. The third-order valence-corrected chi connectivity index (χ3v) is 3.61. The van der Waals surface area contributed by atoms with Crippen LogP contribution < -0.4 is 4.90 Å². The number of carboxylic acid groups (broad SMARTS) is 1. The predicted molar refractivity (Wildman–Crippen MR) is 75.7 cm³/mol. The molecule has 0 saturated carbocycles. The lowest BCUT2D eigenvalue weighted by molar-refractivity contribution is 0.0697. The number of halogens is 1. The molecule has 1 aromatic heterocycles. The SMILES string of the molecule is CC1Cc2cc(C(=O)O)ccc2N1c1cc(Cl)ncn1. The van der Waals surface area contributed by atoms with Crippen molar-refractivity contribution in [2.45, 2.75) is 19.4 Å². The number of fused-ring (bicyclic) bond motifs is 1. The van der Waals surface area contributed by atoms with E-state index in [9.17, 15) is 4.79 Å². The lowest BCUT2D eigenvalue weighted by Gasteiger charge is -2.23. The van der Waals surface area contributed by atoms with E-state index in [-0.39, 0.29) is 6.04 Å². The Morgan fingerprint density at radius 2 is 2.20 bits per heavy atom. The number of aromatic carboxylic acids is 1. The van der Waals surface area contributed by atoms with Crippen LogP contribution in [0, 0.1) is 0 Å². The van der Waals surface area contributed by atoms with E-state index < -0.39 is 5.97 Å². The van der Waals surface area contributed by atoms with Crippen LogP contribution in [0.3, 0.4) is 0 Å². The van der Waals surface area contributed by atoms with Gasteiger partial charge in [-0.05, 0) is 37.1 Å². The fourth-order valence-electron chi connectivity index (χ4n) is 2.57. The van der Waals surface area contributed by atoms with Crippen LogP contribution in [0.2, 0.25) is 5.15 Å². The summed E-state index contributed by atoms with van der Waals surface area (Å²) in [5, 5.41) is 9.44. The van der Waals surface area contributed by atoms with Gasteiger partial charge in [0.1, 0.15) is 17.3 Å². The first-order valence-electron chi connectivity index (χ1n) is 6.19. The minimum absolute atomic E-state index is 0.194. The highest BCUT2D eigenvalue weighted by Gasteiger charge is 2.28. The number of hydrogen-bond acceptors (Lipinski definition) is 4. The molecule has 2 aromatic rings. The number of rotatable bonds is 2. The number of carboxylic acids is 1. The Kier molecular flexibility index (Phi) is 3.06. The molecule has 0 amide bonds. The summed E-state index contributed by atoms with van der Waals surface area (Å²) in [6.07, 6.45) is 2.20. The van der Waals surface area contributed by atoms with E-state index in [4.69, 9.17) is 16.7 Å². The van der Waals surface area contributed by atoms with E-state index in [1.54, 1.807) is 18.2 Å². The van der Waals surface area contributed by atoms with Crippen LogP contribution in [0.25, 0.3) is 0 Å². The number of benzene rings is 1. The highest BCUT2D eigenvalue weighted by atomic mass is 35.5. The quantitative estimate of drug-likeness (QED) is 0.861. The molecule has 1 aromatic carbocycles. The first-order chi connectivity index (χ1) is 9.56. The molecule has 6 heteroatoms. The average molecular weight is 290 g/mol. The van der Waals surface area contributed by atoms with Crippen molar-refractivity contribution in [3.05, 3.63) is 46.9 Å². The largest absolute Gasteiger partial charge is 0.478 e. The average Bonchev–Trinajstić information content (AvgIpc) is 2.73. The minimum Gasteiger partial charge on any atom is -0.478 e. The molecule has 5 nitrogen and oxygen atoms in total. The van der Waals surface area contributed by atoms with Gasteiger partial charge in [-0.3, -0.25) is 0 Å². The maximum absolute atomic E-state index is 11.0. The summed E-state index contributed by atoms with van der Waals surface area (Å²) in [6.45, 7) is 2.07. The second-order valence-corrected chi connectivity index (χ2v) is 5.16. The predicted octanol–water partition coefficient (Wildman–Crippen LogP) is 2.91. The number of anilines is 2. The van der Waals surface area contributed by atoms with Crippen molar-refractivity contribution in [1.82, 2.24) is 9.97 Å². The Balaban J connectivity index is 2.06. The van der Waals surface area contributed by atoms with Crippen molar-refractivity contribution in [2.24, 2.45) is 0 Å². The van der Waals surface area contributed by atoms with Gasteiger partial charge < -0.3 is 10.0 Å². The number of aromatic nitrogens is 2. The molecule has 0 saturated heterocycles. The van der Waals surface area contributed by atoms with Gasteiger partial charge in [0.2, 0.25) is 0 Å². The van der Waals surface area contributed by atoms with Crippen LogP contribution in [0.4, 0.5) is 11.5 Å². The van der Waals surface area contributed by atoms with Gasteiger partial charge in [-0.1, -0.05) is 11.6 Å². The van der Waals surface area contributed by atoms with Crippen molar-refractivity contribution in [3.8, 4) is 0 Å². The Bertz CT molecular complexity index is 690. The van der Waals surface area contributed by atoms with Gasteiger partial charge in [0.25, 0.3) is 0 Å². The van der Waals surface area contributed by atoms with Gasteiger partial charge in [0, 0.05) is 17.8 Å². The third kappa shape index (κ3) is 2.10. The molecule has 1 atom stereocenters. The van der Waals surface area contributed by atoms with Crippen LogP contribution in [-0.4, -0.2) is 27.1 Å². The molecule has 1 aliphatic heterocycles. The molecule has 0 radical (unpaired) electrons. The summed E-state index contributed by atoms with van der Waals surface area (Å²) >= 11 is 5.91. The van der Waals surface area contributed by atoms with Crippen molar-refractivity contribution < 1.29 is 9.90 Å². The second-order valence-electron chi connectivity index (χ2n) is 4.77. The second kappa shape index (κ2) is 4.76. The summed E-state index contributed by atoms with van der Waals surface area (Å²) in [7, 11) is 0. The van der Waals surface area contributed by atoms with Crippen molar-refractivity contribution >= 4 is 29.1 Å². The van der Waals surface area contributed by atoms with E-state index >= 15 is 0 Å². The minimum atomic E-state index is -0.913. The number of carbonyl (C=O) groups is 1. The van der Waals surface area contributed by atoms with Crippen LogP contribution in [0.1, 0.15) is 22.8 Å². The summed E-state index contributed by atoms with van der Waals surface area (Å²) in [4.78, 5) is 21.2. The molecule has 20 heavy (non-hydrogen) atoms. The van der Waals surface area contributed by atoms with E-state index in [0.29, 0.717) is 10.7 Å². The van der Waals surface area contributed by atoms with Crippen LogP contribution >= 0.6 is 11.6 Å². The van der Waals surface area contributed by atoms with E-state index in [2.05, 4.69) is 21.8 Å². The highest BCUT2D eigenvalue weighted by Crippen LogP contribution is 2.38. The lowest BCUT2D eigenvalue weighted by Crippen LogP contribution is -2.24. The topological polar surface area (TPSA) is 66.3 Å². The molecular weight excluding hydrogens is 278 g/mol. The first-order valence-corrected chi connectivity index (χ1v) is 6.57. The Hall–Kier alpha value is -2.14. The summed E-state index contributed by atoms with van der Waals surface area (Å²) in [6, 6.07) is 7.04. The molecule has 1 unspecified atom stereocenters. The molecule has 3 rings (SSSR count). The van der Waals surface area contributed by atoms with E-state index in [0.717, 1.165) is 23.5 Å². The van der Waals surface area contributed by atoms with Crippen LogP contribution in [-0.2, 0) is 6.42 Å². The standard InChI is InChI=1S/C14H12ClN3O2/c1-8-4-10-5-9(14(19)20)2-3-11(10)18(8)13-6-12(15)16-7-17-13/h2-3,5-8H,4H2,1H3,(H,19,20). The zero-order valence-electron chi connectivity index (χ0n) is 10.7. The molecule has 2 heterocycles. The van der Waals surface area contributed by atoms with Gasteiger partial charge in [0.05, 0.1) is 5.56 Å². The fourth-order valence-corrected chi connectivity index (χ4v) is 2.71. The number of nitrogens with zero attached hydrogens (tertiary/aromatic N) is 3. The summed E-state index contributed by atoms with van der Waals surface area (Å²) in [5.41, 5.74) is 2.28. The van der Waals surface area contributed by atoms with Gasteiger partial charge >= 0.3 is 5.97 Å². The molecule has 0 aliphatic carbocycles. The smallest absolute Gasteiger partial charge is 0.335 e. The van der Waals surface area contributed by atoms with E-state index in [1.807, 2.05) is 6.07 Å². The molecule has 0 bridgehead atoms. The maximum atomic E-state index is 11.0. The Morgan fingerprint density at radius 3 is 2.90 bits per heavy atom. The Labute approximate surface area is 120 Å². The zero-order valence-corrected chi connectivity index (χ0v) is 11.5. The van der Waals surface area contributed by atoms with Crippen molar-refractivity contribution in [3.63, 3.8) is 0 Å². The third-order valence-electron chi connectivity index (χ3n) is 3.41. The molecule has 0 fully saturated rings. The molecular formula is C14H12ClN3O2. The fraction of sp³-hybridized carbons (Fsp3) is 0.214. The molecule has 1 N–H and O–H groups in total. The van der Waals surface area contributed by atoms with Crippen molar-refractivity contribution in [1.29, 1.82) is 0 Å². The summed E-state index contributed by atoms with van der Waals surface area (Å²) < 4.78 is 0. The zero-order chi connectivity index (χ0) is 14.3. The molecule has 1 aliphatic rings. The maximum Gasteiger partial charge on any atom is 0.335 e. The first kappa shape index (κ1) is 12.9. The van der Waals surface area contributed by atoms with E-state index in [1.165, 1.54) is 6.33 Å².